The number of carboxylic acid groups (broad SMARTS) is 1. The van der Waals surface area contributed by atoms with Crippen LogP contribution in [0.3, 0.4) is 0 Å². The van der Waals surface area contributed by atoms with Crippen LogP contribution in [0.25, 0.3) is 0 Å². The van der Waals surface area contributed by atoms with Crippen LogP contribution in [0.15, 0.2) is 9.72 Å². The first-order chi connectivity index (χ1) is 9.44. The number of aromatic amines is 1. The summed E-state index contributed by atoms with van der Waals surface area (Å²) in [6.07, 6.45) is 0. The van der Waals surface area contributed by atoms with Crippen LogP contribution >= 0.6 is 11.3 Å². The predicted octanol–water partition coefficient (Wildman–Crippen LogP) is 0.159. The normalized spacial score (nSPS) is 11.2. The first-order valence-corrected chi connectivity index (χ1v) is 7.55. The topological polar surface area (TPSA) is 147 Å². The molecular formula is C8H9N5O5S2. The van der Waals surface area contributed by atoms with Crippen molar-refractivity contribution in [1.29, 1.82) is 0 Å². The number of carbonyl (C=O) groups is 1. The number of rotatable bonds is 6. The fourth-order valence-electron chi connectivity index (χ4n) is 1.23. The standard InChI is InChI=1S/C8H9N5O5S2/c1-2-18-8-10-7(11-12-8)13-20(16,17)6-4(5(14)15)9-3-19-6/h3H,2H2,1H3,(H,14,15)(H2,10,11,12,13). The second kappa shape index (κ2) is 5.42. The number of nitrogens with zero attached hydrogens (tertiary/aromatic N) is 3. The summed E-state index contributed by atoms with van der Waals surface area (Å²) in [5, 5.41) is 14.8. The Morgan fingerprint density at radius 1 is 1.60 bits per heavy atom. The lowest BCUT2D eigenvalue weighted by molar-refractivity contribution is 0.0687. The number of carboxylic acids is 1. The predicted molar refractivity (Wildman–Crippen MR) is 67.4 cm³/mol. The number of hydrogen-bond donors (Lipinski definition) is 3. The second-order valence-electron chi connectivity index (χ2n) is 3.30. The molecule has 0 aliphatic rings. The van der Waals surface area contributed by atoms with Gasteiger partial charge in [-0.2, -0.15) is 4.98 Å². The number of hydrogen-bond acceptors (Lipinski definition) is 8. The number of ether oxygens (including phenoxy) is 1. The maximum absolute atomic E-state index is 12.0. The second-order valence-corrected chi connectivity index (χ2v) is 6.03. The molecule has 0 amide bonds. The molecule has 2 rings (SSSR count). The maximum Gasteiger partial charge on any atom is 0.356 e. The SMILES string of the molecule is CCOc1n[nH]c(NS(=O)(=O)c2scnc2C(=O)O)n1. The van der Waals surface area contributed by atoms with Gasteiger partial charge in [-0.3, -0.25) is 0 Å². The summed E-state index contributed by atoms with van der Waals surface area (Å²) in [6.45, 7) is 2.04. The lowest BCUT2D eigenvalue weighted by Gasteiger charge is -2.02. The Hall–Kier alpha value is -2.21. The Labute approximate surface area is 116 Å². The van der Waals surface area contributed by atoms with Crippen molar-refractivity contribution in [1.82, 2.24) is 20.2 Å². The number of aromatic carboxylic acids is 1. The molecule has 2 aromatic heterocycles. The van der Waals surface area contributed by atoms with Gasteiger partial charge in [0, 0.05) is 0 Å². The Morgan fingerprint density at radius 3 is 3.00 bits per heavy atom. The van der Waals surface area contributed by atoms with Gasteiger partial charge in [-0.15, -0.1) is 16.4 Å². The van der Waals surface area contributed by atoms with Crippen molar-refractivity contribution in [2.45, 2.75) is 11.1 Å². The third-order valence-electron chi connectivity index (χ3n) is 1.95. The van der Waals surface area contributed by atoms with E-state index in [9.17, 15) is 13.2 Å². The summed E-state index contributed by atoms with van der Waals surface area (Å²) in [6, 6.07) is -0.0204. The average molecular weight is 319 g/mol. The van der Waals surface area contributed by atoms with Gasteiger partial charge in [0.2, 0.25) is 5.95 Å². The smallest absolute Gasteiger partial charge is 0.356 e. The Morgan fingerprint density at radius 2 is 2.35 bits per heavy atom. The quantitative estimate of drug-likeness (QED) is 0.682. The molecule has 0 aliphatic heterocycles. The Bertz CT molecular complexity index is 721. The largest absolute Gasteiger partial charge is 0.476 e. The van der Waals surface area contributed by atoms with E-state index in [1.165, 1.54) is 0 Å². The van der Waals surface area contributed by atoms with E-state index in [4.69, 9.17) is 9.84 Å². The Kier molecular flexibility index (Phi) is 3.85. The van der Waals surface area contributed by atoms with Crippen LogP contribution in [0, 0.1) is 0 Å². The molecule has 0 saturated carbocycles. The first-order valence-electron chi connectivity index (χ1n) is 5.19. The minimum absolute atomic E-state index is 0.0204. The number of thiazole rings is 1. The van der Waals surface area contributed by atoms with Gasteiger partial charge in [0.1, 0.15) is 0 Å². The molecule has 0 spiro atoms. The molecule has 0 radical (unpaired) electrons. The van der Waals surface area contributed by atoms with Crippen molar-refractivity contribution in [2.24, 2.45) is 0 Å². The van der Waals surface area contributed by atoms with Crippen molar-refractivity contribution in [3.05, 3.63) is 11.2 Å². The summed E-state index contributed by atoms with van der Waals surface area (Å²) in [5.74, 6) is -1.61. The molecular weight excluding hydrogens is 310 g/mol. The van der Waals surface area contributed by atoms with Gasteiger partial charge in [0.25, 0.3) is 10.0 Å². The number of H-pyrrole nitrogens is 1. The molecule has 0 aromatic carbocycles. The zero-order valence-corrected chi connectivity index (χ0v) is 11.7. The van der Waals surface area contributed by atoms with Crippen molar-refractivity contribution in [3.63, 3.8) is 0 Å². The van der Waals surface area contributed by atoms with E-state index in [2.05, 4.69) is 24.9 Å². The molecule has 2 aromatic rings. The molecule has 0 saturated heterocycles. The zero-order valence-electron chi connectivity index (χ0n) is 10.0. The van der Waals surface area contributed by atoms with Crippen molar-refractivity contribution < 1.29 is 23.1 Å². The van der Waals surface area contributed by atoms with E-state index in [1.807, 2.05) is 0 Å². The van der Waals surface area contributed by atoms with Crippen LogP contribution in [0.5, 0.6) is 6.01 Å². The highest BCUT2D eigenvalue weighted by atomic mass is 32.2. The van der Waals surface area contributed by atoms with Crippen LogP contribution in [-0.4, -0.2) is 46.3 Å². The lowest BCUT2D eigenvalue weighted by Crippen LogP contribution is -2.16. The fourth-order valence-corrected chi connectivity index (χ4v) is 3.33. The lowest BCUT2D eigenvalue weighted by atomic mass is 10.5. The monoisotopic (exact) mass is 319 g/mol. The molecule has 108 valence electrons. The molecule has 0 unspecified atom stereocenters. The van der Waals surface area contributed by atoms with Gasteiger partial charge in [-0.1, -0.05) is 0 Å². The number of nitrogens with one attached hydrogen (secondary N) is 2. The van der Waals surface area contributed by atoms with Crippen LogP contribution < -0.4 is 9.46 Å². The van der Waals surface area contributed by atoms with Crippen molar-refractivity contribution >= 4 is 33.3 Å². The Balaban J connectivity index is 2.26. The van der Waals surface area contributed by atoms with E-state index in [1.54, 1.807) is 6.92 Å². The third kappa shape index (κ3) is 2.85. The van der Waals surface area contributed by atoms with Gasteiger partial charge < -0.3 is 9.84 Å². The molecule has 0 fully saturated rings. The summed E-state index contributed by atoms with van der Waals surface area (Å²) in [5.41, 5.74) is 0.580. The highest BCUT2D eigenvalue weighted by Crippen LogP contribution is 2.22. The van der Waals surface area contributed by atoms with Gasteiger partial charge in [-0.25, -0.2) is 28.0 Å². The van der Waals surface area contributed by atoms with Crippen molar-refractivity contribution in [3.8, 4) is 6.01 Å². The van der Waals surface area contributed by atoms with E-state index >= 15 is 0 Å². The van der Waals surface area contributed by atoms with Crippen LogP contribution in [-0.2, 0) is 10.0 Å². The van der Waals surface area contributed by atoms with Crippen LogP contribution in [0.2, 0.25) is 0 Å². The molecule has 20 heavy (non-hydrogen) atoms. The minimum Gasteiger partial charge on any atom is -0.476 e. The molecule has 12 heteroatoms. The van der Waals surface area contributed by atoms with Crippen LogP contribution in [0.1, 0.15) is 17.4 Å². The summed E-state index contributed by atoms with van der Waals surface area (Å²) < 4.78 is 30.7. The molecule has 0 atom stereocenters. The number of aromatic nitrogens is 4. The van der Waals surface area contributed by atoms with Gasteiger partial charge in [0.05, 0.1) is 12.1 Å². The molecule has 0 bridgehead atoms. The van der Waals surface area contributed by atoms with Gasteiger partial charge in [-0.05, 0) is 6.92 Å². The van der Waals surface area contributed by atoms with Crippen LogP contribution in [0.4, 0.5) is 5.95 Å². The van der Waals surface area contributed by atoms with E-state index < -0.39 is 25.9 Å². The molecule has 0 aliphatic carbocycles. The van der Waals surface area contributed by atoms with Gasteiger partial charge >= 0.3 is 12.0 Å². The highest BCUT2D eigenvalue weighted by Gasteiger charge is 2.26. The maximum atomic E-state index is 12.0. The van der Waals surface area contributed by atoms with E-state index in [-0.39, 0.29) is 12.0 Å². The zero-order chi connectivity index (χ0) is 14.8. The summed E-state index contributed by atoms with van der Waals surface area (Å²) >= 11 is 0.685. The number of anilines is 1. The molecule has 3 N–H and O–H groups in total. The van der Waals surface area contributed by atoms with Gasteiger partial charge in [0.15, 0.2) is 9.90 Å². The summed E-state index contributed by atoms with van der Waals surface area (Å²) in [7, 11) is -4.11. The number of sulfonamides is 1. The van der Waals surface area contributed by atoms with E-state index in [0.29, 0.717) is 17.9 Å². The summed E-state index contributed by atoms with van der Waals surface area (Å²) in [4.78, 5) is 18.1. The average Bonchev–Trinajstić information content (AvgIpc) is 2.98. The third-order valence-corrected chi connectivity index (χ3v) is 4.66. The molecule has 10 nitrogen and oxygen atoms in total. The molecule has 2 heterocycles. The fraction of sp³-hybridized carbons (Fsp3) is 0.250. The minimum atomic E-state index is -4.11. The first kappa shape index (κ1) is 14.2. The van der Waals surface area contributed by atoms with E-state index in [0.717, 1.165) is 5.51 Å². The highest BCUT2D eigenvalue weighted by molar-refractivity contribution is 7.94. The van der Waals surface area contributed by atoms with Crippen molar-refractivity contribution in [2.75, 3.05) is 11.3 Å².